The van der Waals surface area contributed by atoms with Crippen molar-refractivity contribution in [2.24, 2.45) is 0 Å². The lowest BCUT2D eigenvalue weighted by atomic mass is 10.1. The molecule has 0 aliphatic carbocycles. The normalized spacial score (nSPS) is 23.8. The van der Waals surface area contributed by atoms with Gasteiger partial charge in [0, 0.05) is 22.4 Å². The van der Waals surface area contributed by atoms with E-state index in [-0.39, 0.29) is 0 Å². The molecule has 6 heteroatoms. The highest BCUT2D eigenvalue weighted by atomic mass is 79.9. The summed E-state index contributed by atoms with van der Waals surface area (Å²) in [5.41, 5.74) is 1.17. The second kappa shape index (κ2) is 6.96. The van der Waals surface area contributed by atoms with Crippen molar-refractivity contribution >= 4 is 51.7 Å². The van der Waals surface area contributed by atoms with Crippen LogP contribution in [0.4, 0.5) is 0 Å². The molecule has 1 aliphatic heterocycles. The van der Waals surface area contributed by atoms with Crippen molar-refractivity contribution in [2.75, 3.05) is 11.5 Å². The Balaban J connectivity index is 2.41. The molecule has 2 nitrogen and oxygen atoms in total. The summed E-state index contributed by atoms with van der Waals surface area (Å²) >= 11 is 13.0. The van der Waals surface area contributed by atoms with Gasteiger partial charge in [0.05, 0.1) is 9.72 Å². The van der Waals surface area contributed by atoms with Crippen LogP contribution in [-0.2, 0) is 0 Å². The van der Waals surface area contributed by atoms with Gasteiger partial charge in [-0.1, -0.05) is 33.0 Å². The third-order valence-electron chi connectivity index (χ3n) is 3.21. The predicted octanol–water partition coefficient (Wildman–Crippen LogP) is 5.32. The van der Waals surface area contributed by atoms with Crippen molar-refractivity contribution in [1.29, 1.82) is 0 Å². The SMILES string of the molecule is CCC1SCCSC1c1nc(=S)c(Br)c(C(C)C)[nH]1. The summed E-state index contributed by atoms with van der Waals surface area (Å²) in [5.74, 6) is 3.91. The van der Waals surface area contributed by atoms with Crippen LogP contribution in [0.15, 0.2) is 4.47 Å². The summed E-state index contributed by atoms with van der Waals surface area (Å²) in [5, 5.41) is 1.08. The Morgan fingerprint density at radius 3 is 2.74 bits per heavy atom. The number of hydrogen-bond donors (Lipinski definition) is 1. The van der Waals surface area contributed by atoms with Crippen molar-refractivity contribution in [3.05, 3.63) is 20.6 Å². The first-order valence-corrected chi connectivity index (χ1v) is 9.87. The van der Waals surface area contributed by atoms with Gasteiger partial charge in [-0.25, -0.2) is 4.98 Å². The molecule has 1 saturated heterocycles. The Hall–Kier alpha value is 0.480. The van der Waals surface area contributed by atoms with Gasteiger partial charge in [-0.05, 0) is 28.3 Å². The zero-order valence-electron chi connectivity index (χ0n) is 11.4. The topological polar surface area (TPSA) is 28.7 Å². The summed E-state index contributed by atoms with van der Waals surface area (Å²) in [6.07, 6.45) is 1.18. The lowest BCUT2D eigenvalue weighted by molar-refractivity contribution is 0.717. The Morgan fingerprint density at radius 2 is 2.11 bits per heavy atom. The number of aromatic amines is 1. The maximum Gasteiger partial charge on any atom is 0.144 e. The molecule has 19 heavy (non-hydrogen) atoms. The molecule has 0 spiro atoms. The quantitative estimate of drug-likeness (QED) is 0.719. The molecule has 2 unspecified atom stereocenters. The fourth-order valence-corrected chi connectivity index (χ4v) is 6.05. The molecular weight excluding hydrogens is 360 g/mol. The Morgan fingerprint density at radius 1 is 1.42 bits per heavy atom. The van der Waals surface area contributed by atoms with E-state index in [9.17, 15) is 0 Å². The Labute approximate surface area is 137 Å². The lowest BCUT2D eigenvalue weighted by Crippen LogP contribution is -2.21. The van der Waals surface area contributed by atoms with E-state index in [1.165, 1.54) is 23.6 Å². The van der Waals surface area contributed by atoms with Gasteiger partial charge in [0.25, 0.3) is 0 Å². The van der Waals surface area contributed by atoms with Crippen LogP contribution in [0.3, 0.4) is 0 Å². The average Bonchev–Trinajstić information content (AvgIpc) is 2.41. The molecule has 0 amide bonds. The van der Waals surface area contributed by atoms with E-state index < -0.39 is 0 Å². The van der Waals surface area contributed by atoms with Crippen molar-refractivity contribution in [1.82, 2.24) is 9.97 Å². The van der Waals surface area contributed by atoms with Crippen molar-refractivity contribution < 1.29 is 0 Å². The minimum Gasteiger partial charge on any atom is -0.345 e. The molecule has 0 bridgehead atoms. The molecule has 2 heterocycles. The fourth-order valence-electron chi connectivity index (χ4n) is 2.18. The summed E-state index contributed by atoms with van der Waals surface area (Å²) in [6, 6.07) is 0. The van der Waals surface area contributed by atoms with E-state index in [1.807, 2.05) is 11.8 Å². The molecule has 2 rings (SSSR count). The highest BCUT2D eigenvalue weighted by molar-refractivity contribution is 9.10. The largest absolute Gasteiger partial charge is 0.345 e. The van der Waals surface area contributed by atoms with E-state index in [2.05, 4.69) is 58.4 Å². The molecule has 1 aromatic heterocycles. The molecule has 0 radical (unpaired) electrons. The second-order valence-corrected chi connectivity index (χ2v) is 8.69. The zero-order valence-corrected chi connectivity index (χ0v) is 15.4. The van der Waals surface area contributed by atoms with Crippen LogP contribution in [0.5, 0.6) is 0 Å². The van der Waals surface area contributed by atoms with Crippen LogP contribution >= 0.6 is 51.7 Å². The van der Waals surface area contributed by atoms with Gasteiger partial charge in [0.15, 0.2) is 0 Å². The molecule has 106 valence electrons. The molecule has 0 saturated carbocycles. The monoisotopic (exact) mass is 378 g/mol. The minimum absolute atomic E-state index is 0.416. The molecule has 1 N–H and O–H groups in total. The number of nitrogens with one attached hydrogen (secondary N) is 1. The second-order valence-electron chi connectivity index (χ2n) is 4.92. The number of halogens is 1. The van der Waals surface area contributed by atoms with Gasteiger partial charge in [0.1, 0.15) is 10.5 Å². The van der Waals surface area contributed by atoms with Crippen LogP contribution in [-0.4, -0.2) is 26.7 Å². The number of H-pyrrole nitrogens is 1. The third kappa shape index (κ3) is 3.57. The fraction of sp³-hybridized carbons (Fsp3) is 0.692. The van der Waals surface area contributed by atoms with Gasteiger partial charge in [0.2, 0.25) is 0 Å². The summed E-state index contributed by atoms with van der Waals surface area (Å²) in [4.78, 5) is 8.14. The van der Waals surface area contributed by atoms with Crippen LogP contribution in [0.1, 0.15) is 49.9 Å². The van der Waals surface area contributed by atoms with Gasteiger partial charge < -0.3 is 4.98 Å². The van der Waals surface area contributed by atoms with Gasteiger partial charge in [-0.3, -0.25) is 0 Å². The number of rotatable bonds is 3. The summed E-state index contributed by atoms with van der Waals surface area (Å²) in [7, 11) is 0. The molecule has 0 aromatic carbocycles. The van der Waals surface area contributed by atoms with Gasteiger partial charge >= 0.3 is 0 Å². The van der Waals surface area contributed by atoms with Gasteiger partial charge in [-0.15, -0.1) is 11.8 Å². The van der Waals surface area contributed by atoms with Gasteiger partial charge in [-0.2, -0.15) is 11.8 Å². The molecule has 1 aliphatic rings. The number of thioether (sulfide) groups is 2. The summed E-state index contributed by atoms with van der Waals surface area (Å²) in [6.45, 7) is 6.61. The number of aromatic nitrogens is 2. The van der Waals surface area contributed by atoms with Crippen LogP contribution in [0.25, 0.3) is 0 Å². The highest BCUT2D eigenvalue weighted by Gasteiger charge is 2.29. The zero-order chi connectivity index (χ0) is 14.0. The first kappa shape index (κ1) is 15.9. The first-order valence-electron chi connectivity index (χ1n) is 6.57. The van der Waals surface area contributed by atoms with Crippen LogP contribution < -0.4 is 0 Å². The van der Waals surface area contributed by atoms with Crippen molar-refractivity contribution in [3.8, 4) is 0 Å². The van der Waals surface area contributed by atoms with Crippen LogP contribution in [0.2, 0.25) is 0 Å². The van der Waals surface area contributed by atoms with E-state index in [0.29, 0.717) is 21.1 Å². The maximum atomic E-state index is 5.40. The Kier molecular flexibility index (Phi) is 5.81. The smallest absolute Gasteiger partial charge is 0.144 e. The minimum atomic E-state index is 0.416. The predicted molar refractivity (Wildman–Crippen MR) is 92.9 cm³/mol. The molecular formula is C13H19BrN2S3. The molecule has 1 fully saturated rings. The number of nitrogens with zero attached hydrogens (tertiary/aromatic N) is 1. The molecule has 2 atom stereocenters. The Bertz CT molecular complexity index is 501. The lowest BCUT2D eigenvalue weighted by Gasteiger charge is -2.29. The third-order valence-corrected chi connectivity index (χ3v) is 7.82. The van der Waals surface area contributed by atoms with Crippen molar-refractivity contribution in [3.63, 3.8) is 0 Å². The average molecular weight is 379 g/mol. The first-order chi connectivity index (χ1) is 9.04. The van der Waals surface area contributed by atoms with E-state index in [1.54, 1.807) is 0 Å². The van der Waals surface area contributed by atoms with E-state index in [0.717, 1.165) is 10.3 Å². The standard InChI is InChI=1S/C13H19BrN2S3/c1-4-8-11(19-6-5-18-8)12-15-10(7(2)3)9(14)13(17)16-12/h7-8,11H,4-6H2,1-3H3,(H,15,16,17). The van der Waals surface area contributed by atoms with Crippen molar-refractivity contribution in [2.45, 2.75) is 43.6 Å². The highest BCUT2D eigenvalue weighted by Crippen LogP contribution is 2.43. The summed E-state index contributed by atoms with van der Waals surface area (Å²) < 4.78 is 1.63. The van der Waals surface area contributed by atoms with E-state index in [4.69, 9.17) is 12.2 Å². The molecule has 1 aromatic rings. The van der Waals surface area contributed by atoms with Crippen LogP contribution in [0, 0.1) is 4.64 Å². The number of hydrogen-bond acceptors (Lipinski definition) is 4. The van der Waals surface area contributed by atoms with E-state index >= 15 is 0 Å². The maximum absolute atomic E-state index is 5.40.